The molecule has 0 fully saturated rings. The molecular formula is C28H25FN4OS. The number of pyridine rings is 1. The quantitative estimate of drug-likeness (QED) is 0.227. The summed E-state index contributed by atoms with van der Waals surface area (Å²) in [6.45, 7) is 2.08. The summed E-state index contributed by atoms with van der Waals surface area (Å²) in [5.41, 5.74) is 4.25. The van der Waals surface area contributed by atoms with Gasteiger partial charge in [0.1, 0.15) is 22.1 Å². The van der Waals surface area contributed by atoms with Gasteiger partial charge in [-0.15, -0.1) is 11.3 Å². The van der Waals surface area contributed by atoms with Gasteiger partial charge in [0.25, 0.3) is 0 Å². The van der Waals surface area contributed by atoms with E-state index in [0.717, 1.165) is 52.2 Å². The number of aromatic nitrogens is 3. The Labute approximate surface area is 207 Å². The highest BCUT2D eigenvalue weighted by molar-refractivity contribution is 7.18. The van der Waals surface area contributed by atoms with E-state index in [1.165, 1.54) is 10.4 Å². The first kappa shape index (κ1) is 22.9. The molecule has 7 heteroatoms. The standard InChI is InChI=1S/C28H25FN4OS/c1-19-17-24-26(32-27(33-28(24)35-19)25-6-2-3-15-30-25)31-16-4-5-20-7-9-21(10-8-20)22-11-13-23(14-12-22)34-18-29/h2-3,6-15,17H,4-5,16,18H2,1H3,(H,31,32,33). The maximum atomic E-state index is 12.3. The summed E-state index contributed by atoms with van der Waals surface area (Å²) in [6, 6.07) is 23.9. The Morgan fingerprint density at radius 3 is 2.43 bits per heavy atom. The van der Waals surface area contributed by atoms with Crippen LogP contribution in [0.15, 0.2) is 79.0 Å². The lowest BCUT2D eigenvalue weighted by Gasteiger charge is -2.09. The van der Waals surface area contributed by atoms with E-state index in [-0.39, 0.29) is 0 Å². The predicted octanol–water partition coefficient (Wildman–Crippen LogP) is 7.08. The first-order valence-electron chi connectivity index (χ1n) is 11.5. The molecule has 0 aliphatic rings. The number of anilines is 1. The van der Waals surface area contributed by atoms with Gasteiger partial charge in [0.05, 0.1) is 5.39 Å². The Morgan fingerprint density at radius 2 is 1.71 bits per heavy atom. The van der Waals surface area contributed by atoms with Gasteiger partial charge < -0.3 is 10.1 Å². The van der Waals surface area contributed by atoms with Crippen molar-refractivity contribution in [3.05, 3.63) is 89.4 Å². The molecule has 2 aromatic carbocycles. The molecule has 0 radical (unpaired) electrons. The second-order valence-electron chi connectivity index (χ2n) is 8.19. The van der Waals surface area contributed by atoms with Crippen LogP contribution in [0, 0.1) is 6.92 Å². The Balaban J connectivity index is 1.22. The van der Waals surface area contributed by atoms with Crippen LogP contribution in [0.25, 0.3) is 32.9 Å². The summed E-state index contributed by atoms with van der Waals surface area (Å²) < 4.78 is 17.2. The van der Waals surface area contributed by atoms with Crippen LogP contribution in [0.3, 0.4) is 0 Å². The molecule has 176 valence electrons. The van der Waals surface area contributed by atoms with Crippen molar-refractivity contribution in [2.24, 2.45) is 0 Å². The first-order chi connectivity index (χ1) is 17.2. The van der Waals surface area contributed by atoms with E-state index in [0.29, 0.717) is 11.6 Å². The number of hydrogen-bond acceptors (Lipinski definition) is 6. The monoisotopic (exact) mass is 484 g/mol. The topological polar surface area (TPSA) is 59.9 Å². The van der Waals surface area contributed by atoms with Gasteiger partial charge in [-0.2, -0.15) is 0 Å². The largest absolute Gasteiger partial charge is 0.463 e. The molecule has 5 aromatic rings. The van der Waals surface area contributed by atoms with E-state index in [1.54, 1.807) is 29.7 Å². The maximum Gasteiger partial charge on any atom is 0.228 e. The third-order valence-electron chi connectivity index (χ3n) is 5.71. The van der Waals surface area contributed by atoms with Crippen molar-refractivity contribution in [3.63, 3.8) is 0 Å². The third kappa shape index (κ3) is 5.46. The van der Waals surface area contributed by atoms with Crippen molar-refractivity contribution < 1.29 is 9.13 Å². The molecule has 3 aromatic heterocycles. The highest BCUT2D eigenvalue weighted by Gasteiger charge is 2.12. The van der Waals surface area contributed by atoms with E-state index in [4.69, 9.17) is 14.7 Å². The van der Waals surface area contributed by atoms with Gasteiger partial charge in [0, 0.05) is 17.6 Å². The fourth-order valence-corrected chi connectivity index (χ4v) is 4.84. The van der Waals surface area contributed by atoms with E-state index < -0.39 is 6.86 Å². The lowest BCUT2D eigenvalue weighted by molar-refractivity contribution is 0.192. The van der Waals surface area contributed by atoms with Crippen molar-refractivity contribution >= 4 is 27.4 Å². The third-order valence-corrected chi connectivity index (χ3v) is 6.65. The molecule has 0 bridgehead atoms. The maximum absolute atomic E-state index is 12.3. The number of thiophene rings is 1. The number of nitrogens with one attached hydrogen (secondary N) is 1. The molecule has 35 heavy (non-hydrogen) atoms. The highest BCUT2D eigenvalue weighted by atomic mass is 32.1. The van der Waals surface area contributed by atoms with Crippen LogP contribution >= 0.6 is 11.3 Å². The van der Waals surface area contributed by atoms with Crippen molar-refractivity contribution in [1.82, 2.24) is 15.0 Å². The molecule has 1 N–H and O–H groups in total. The molecule has 5 nitrogen and oxygen atoms in total. The predicted molar refractivity (Wildman–Crippen MR) is 141 cm³/mol. The van der Waals surface area contributed by atoms with E-state index in [1.807, 2.05) is 30.3 Å². The Morgan fingerprint density at radius 1 is 0.943 bits per heavy atom. The molecule has 0 spiro atoms. The average Bonchev–Trinajstić information content (AvgIpc) is 3.28. The number of benzene rings is 2. The number of halogens is 1. The van der Waals surface area contributed by atoms with E-state index in [2.05, 4.69) is 47.6 Å². The Bertz CT molecular complexity index is 1400. The van der Waals surface area contributed by atoms with Gasteiger partial charge in [0.2, 0.25) is 6.86 Å². The second-order valence-corrected chi connectivity index (χ2v) is 9.43. The molecule has 5 rings (SSSR count). The molecule has 0 amide bonds. The van der Waals surface area contributed by atoms with Crippen LogP contribution < -0.4 is 10.1 Å². The number of fused-ring (bicyclic) bond motifs is 1. The van der Waals surface area contributed by atoms with Crippen molar-refractivity contribution in [2.45, 2.75) is 19.8 Å². The molecular weight excluding hydrogens is 459 g/mol. The van der Waals surface area contributed by atoms with Gasteiger partial charge in [-0.1, -0.05) is 42.5 Å². The van der Waals surface area contributed by atoms with Gasteiger partial charge in [0.15, 0.2) is 5.82 Å². The van der Waals surface area contributed by atoms with Crippen LogP contribution in [0.5, 0.6) is 5.75 Å². The van der Waals surface area contributed by atoms with Crippen LogP contribution in [-0.2, 0) is 6.42 Å². The normalized spacial score (nSPS) is 11.0. The number of nitrogens with zero attached hydrogens (tertiary/aromatic N) is 3. The minimum Gasteiger partial charge on any atom is -0.463 e. The summed E-state index contributed by atoms with van der Waals surface area (Å²) in [6.07, 6.45) is 3.69. The smallest absolute Gasteiger partial charge is 0.228 e. The van der Waals surface area contributed by atoms with Gasteiger partial charge in [-0.3, -0.25) is 4.98 Å². The summed E-state index contributed by atoms with van der Waals surface area (Å²) in [4.78, 5) is 16.1. The molecule has 0 saturated carbocycles. The lowest BCUT2D eigenvalue weighted by atomic mass is 10.0. The second kappa shape index (κ2) is 10.6. The SMILES string of the molecule is Cc1cc2c(NCCCc3ccc(-c4ccc(OCF)cc4)cc3)nc(-c3ccccn3)nc2s1. The van der Waals surface area contributed by atoms with Gasteiger partial charge in [-0.25, -0.2) is 14.4 Å². The zero-order valence-corrected chi connectivity index (χ0v) is 20.2. The number of ether oxygens (including phenoxy) is 1. The lowest BCUT2D eigenvalue weighted by Crippen LogP contribution is -2.06. The first-order valence-corrected chi connectivity index (χ1v) is 12.3. The molecule has 0 aliphatic heterocycles. The van der Waals surface area contributed by atoms with Crippen LogP contribution in [0.1, 0.15) is 16.9 Å². The summed E-state index contributed by atoms with van der Waals surface area (Å²) in [7, 11) is 0. The average molecular weight is 485 g/mol. The molecule has 0 aliphatic carbocycles. The fraction of sp³-hybridized carbons (Fsp3) is 0.179. The summed E-state index contributed by atoms with van der Waals surface area (Å²) >= 11 is 1.67. The minimum absolute atomic E-state index is 0.533. The van der Waals surface area contributed by atoms with Crippen LogP contribution in [0.4, 0.5) is 10.2 Å². The Kier molecular flexibility index (Phi) is 6.95. The number of hydrogen-bond donors (Lipinski definition) is 1. The molecule has 0 saturated heterocycles. The minimum atomic E-state index is -0.816. The van der Waals surface area contributed by atoms with Crippen molar-refractivity contribution in [1.29, 1.82) is 0 Å². The zero-order chi connectivity index (χ0) is 24.0. The van der Waals surface area contributed by atoms with Crippen LogP contribution in [-0.4, -0.2) is 28.4 Å². The molecule has 0 atom stereocenters. The molecule has 3 heterocycles. The highest BCUT2D eigenvalue weighted by Crippen LogP contribution is 2.30. The number of aryl methyl sites for hydroxylation is 2. The van der Waals surface area contributed by atoms with E-state index >= 15 is 0 Å². The van der Waals surface area contributed by atoms with Crippen LogP contribution in [0.2, 0.25) is 0 Å². The Hall–Kier alpha value is -3.84. The number of rotatable bonds is 9. The van der Waals surface area contributed by atoms with Crippen molar-refractivity contribution in [2.75, 3.05) is 18.7 Å². The fourth-order valence-electron chi connectivity index (χ4n) is 3.96. The zero-order valence-electron chi connectivity index (χ0n) is 19.4. The van der Waals surface area contributed by atoms with Gasteiger partial charge >= 0.3 is 0 Å². The molecule has 0 unspecified atom stereocenters. The summed E-state index contributed by atoms with van der Waals surface area (Å²) in [5, 5.41) is 4.58. The van der Waals surface area contributed by atoms with Gasteiger partial charge in [-0.05, 0) is 66.8 Å². The summed E-state index contributed by atoms with van der Waals surface area (Å²) in [5.74, 6) is 2.03. The van der Waals surface area contributed by atoms with Crippen molar-refractivity contribution in [3.8, 4) is 28.4 Å². The van der Waals surface area contributed by atoms with E-state index in [9.17, 15) is 4.39 Å². The number of alkyl halides is 1.